The van der Waals surface area contributed by atoms with Crippen molar-refractivity contribution in [1.29, 1.82) is 5.26 Å². The van der Waals surface area contributed by atoms with Crippen LogP contribution in [-0.2, 0) is 11.3 Å². The first-order valence-electron chi connectivity index (χ1n) is 10.4. The molecule has 33 heavy (non-hydrogen) atoms. The molecule has 0 saturated heterocycles. The summed E-state index contributed by atoms with van der Waals surface area (Å²) in [5.41, 5.74) is 3.56. The number of likely N-dealkylation sites (N-methyl/N-ethyl adjacent to an activating group) is 1. The second kappa shape index (κ2) is 10.2. The molecule has 0 aliphatic carbocycles. The number of amides is 1. The molecular formula is C25H27FN4O3. The van der Waals surface area contributed by atoms with Crippen molar-refractivity contribution < 1.29 is 18.7 Å². The maximum absolute atomic E-state index is 13.4. The lowest BCUT2D eigenvalue weighted by Crippen LogP contribution is -2.30. The lowest BCUT2D eigenvalue weighted by molar-refractivity contribution is -0.117. The van der Waals surface area contributed by atoms with Gasteiger partial charge in [-0.1, -0.05) is 6.07 Å². The number of anilines is 1. The largest absolute Gasteiger partial charge is 0.493 e. The van der Waals surface area contributed by atoms with Gasteiger partial charge in [0.05, 0.1) is 26.3 Å². The fraction of sp³-hybridized carbons (Fsp3) is 0.280. The number of nitrogens with one attached hydrogen (secondary N) is 1. The third kappa shape index (κ3) is 5.16. The molecule has 2 aromatic carbocycles. The van der Waals surface area contributed by atoms with Crippen molar-refractivity contribution >= 4 is 11.7 Å². The number of nitriles is 1. The molecule has 1 heterocycles. The number of rotatable bonds is 8. The summed E-state index contributed by atoms with van der Waals surface area (Å²) in [5.74, 6) is 1.01. The summed E-state index contributed by atoms with van der Waals surface area (Å²) in [7, 11) is 4.98. The van der Waals surface area contributed by atoms with Gasteiger partial charge in [0.25, 0.3) is 0 Å². The van der Waals surface area contributed by atoms with Gasteiger partial charge in [0.2, 0.25) is 5.91 Å². The molecule has 1 aromatic heterocycles. The molecule has 0 aliphatic heterocycles. The number of nitrogens with zero attached hydrogens (tertiary/aromatic N) is 3. The van der Waals surface area contributed by atoms with Gasteiger partial charge < -0.3 is 14.8 Å². The van der Waals surface area contributed by atoms with E-state index in [1.54, 1.807) is 30.9 Å². The maximum atomic E-state index is 13.4. The molecule has 8 heteroatoms. The molecule has 0 saturated carbocycles. The summed E-state index contributed by atoms with van der Waals surface area (Å²) >= 11 is 0. The minimum Gasteiger partial charge on any atom is -0.493 e. The van der Waals surface area contributed by atoms with Crippen LogP contribution in [0, 0.1) is 31.0 Å². The normalized spacial score (nSPS) is 10.7. The first-order valence-corrected chi connectivity index (χ1v) is 10.4. The molecule has 0 unspecified atom stereocenters. The highest BCUT2D eigenvalue weighted by atomic mass is 19.1. The zero-order chi connectivity index (χ0) is 24.1. The molecule has 172 valence electrons. The first-order chi connectivity index (χ1) is 15.8. The summed E-state index contributed by atoms with van der Waals surface area (Å²) in [4.78, 5) is 14.7. The van der Waals surface area contributed by atoms with Gasteiger partial charge in [-0.25, -0.2) is 4.39 Å². The molecule has 7 nitrogen and oxygen atoms in total. The van der Waals surface area contributed by atoms with E-state index in [1.165, 1.54) is 12.1 Å². The zero-order valence-electron chi connectivity index (χ0n) is 19.4. The second-order valence-electron chi connectivity index (χ2n) is 7.77. The van der Waals surface area contributed by atoms with Crippen LogP contribution < -0.4 is 14.8 Å². The van der Waals surface area contributed by atoms with E-state index in [4.69, 9.17) is 9.47 Å². The molecule has 0 atom stereocenters. The van der Waals surface area contributed by atoms with Crippen LogP contribution >= 0.6 is 0 Å². The number of halogens is 1. The van der Waals surface area contributed by atoms with Crippen molar-refractivity contribution in [1.82, 2.24) is 9.47 Å². The third-order valence-corrected chi connectivity index (χ3v) is 5.48. The standard InChI is InChI=1S/C25H27FN4O3/c1-16-17(2)30(20-9-7-19(26)8-10-20)25(21(16)13-27)28-24(31)15-29(3)14-18-6-11-22(32-4)23(12-18)33-5/h6-12H,14-15H2,1-5H3,(H,28,31). The third-order valence-electron chi connectivity index (χ3n) is 5.48. The molecule has 0 aliphatic rings. The number of benzene rings is 2. The predicted molar refractivity (Wildman–Crippen MR) is 124 cm³/mol. The number of hydrogen-bond acceptors (Lipinski definition) is 5. The number of hydrogen-bond donors (Lipinski definition) is 1. The quantitative estimate of drug-likeness (QED) is 0.557. The van der Waals surface area contributed by atoms with Crippen LogP contribution in [0.15, 0.2) is 42.5 Å². The Morgan fingerprint density at radius 2 is 1.79 bits per heavy atom. The van der Waals surface area contributed by atoms with Crippen molar-refractivity contribution in [2.75, 3.05) is 33.1 Å². The average Bonchev–Trinajstić information content (AvgIpc) is 3.02. The van der Waals surface area contributed by atoms with E-state index in [-0.39, 0.29) is 18.3 Å². The average molecular weight is 451 g/mol. The van der Waals surface area contributed by atoms with E-state index in [1.807, 2.05) is 44.0 Å². The minimum atomic E-state index is -0.358. The number of methoxy groups -OCH3 is 2. The van der Waals surface area contributed by atoms with Crippen molar-refractivity contribution in [2.24, 2.45) is 0 Å². The Morgan fingerprint density at radius 3 is 2.39 bits per heavy atom. The van der Waals surface area contributed by atoms with Crippen LogP contribution in [0.5, 0.6) is 11.5 Å². The summed E-state index contributed by atoms with van der Waals surface area (Å²) < 4.78 is 25.8. The highest BCUT2D eigenvalue weighted by Crippen LogP contribution is 2.30. The summed E-state index contributed by atoms with van der Waals surface area (Å²) in [6.07, 6.45) is 0. The molecule has 0 radical (unpaired) electrons. The van der Waals surface area contributed by atoms with Crippen LogP contribution in [0.3, 0.4) is 0 Å². The predicted octanol–water partition coefficient (Wildman–Crippen LogP) is 4.19. The van der Waals surface area contributed by atoms with Crippen LogP contribution in [0.4, 0.5) is 10.2 Å². The van der Waals surface area contributed by atoms with Gasteiger partial charge in [0.1, 0.15) is 17.7 Å². The van der Waals surface area contributed by atoms with E-state index in [2.05, 4.69) is 11.4 Å². The molecule has 1 N–H and O–H groups in total. The Hall–Kier alpha value is -3.83. The van der Waals surface area contributed by atoms with Gasteiger partial charge >= 0.3 is 0 Å². The van der Waals surface area contributed by atoms with E-state index in [9.17, 15) is 14.4 Å². The van der Waals surface area contributed by atoms with Crippen LogP contribution in [0.2, 0.25) is 0 Å². The Morgan fingerprint density at radius 1 is 1.12 bits per heavy atom. The van der Waals surface area contributed by atoms with Gasteiger partial charge in [0.15, 0.2) is 11.5 Å². The highest BCUT2D eigenvalue weighted by Gasteiger charge is 2.21. The van der Waals surface area contributed by atoms with Gasteiger partial charge in [-0.2, -0.15) is 5.26 Å². The smallest absolute Gasteiger partial charge is 0.239 e. The summed E-state index contributed by atoms with van der Waals surface area (Å²) in [6.45, 7) is 4.30. The topological polar surface area (TPSA) is 79.5 Å². The van der Waals surface area contributed by atoms with E-state index in [0.717, 1.165) is 16.8 Å². The zero-order valence-corrected chi connectivity index (χ0v) is 19.4. The number of carbonyl (C=O) groups is 1. The van der Waals surface area contributed by atoms with Gasteiger partial charge in [-0.15, -0.1) is 0 Å². The molecule has 3 rings (SSSR count). The van der Waals surface area contributed by atoms with E-state index in [0.29, 0.717) is 35.1 Å². The van der Waals surface area contributed by atoms with Gasteiger partial charge in [0, 0.05) is 17.9 Å². The van der Waals surface area contributed by atoms with Crippen LogP contribution in [0.25, 0.3) is 5.69 Å². The molecule has 1 amide bonds. The van der Waals surface area contributed by atoms with Crippen molar-refractivity contribution in [3.8, 4) is 23.3 Å². The summed E-state index contributed by atoms with van der Waals surface area (Å²) in [6, 6.07) is 13.7. The highest BCUT2D eigenvalue weighted by molar-refractivity contribution is 5.93. The Labute approximate surface area is 193 Å². The molecular weight excluding hydrogens is 423 g/mol. The molecule has 0 fully saturated rings. The Bertz CT molecular complexity index is 1200. The number of carbonyl (C=O) groups excluding carboxylic acids is 1. The van der Waals surface area contributed by atoms with Crippen molar-refractivity contribution in [2.45, 2.75) is 20.4 Å². The molecule has 3 aromatic rings. The SMILES string of the molecule is COc1ccc(CN(C)CC(=O)Nc2c(C#N)c(C)c(C)n2-c2ccc(F)cc2)cc1OC. The monoisotopic (exact) mass is 450 g/mol. The Balaban J connectivity index is 1.79. The molecule has 0 spiro atoms. The number of aromatic nitrogens is 1. The fourth-order valence-electron chi connectivity index (χ4n) is 3.74. The van der Waals surface area contributed by atoms with Gasteiger partial charge in [-0.3, -0.25) is 14.3 Å². The lowest BCUT2D eigenvalue weighted by atomic mass is 10.2. The van der Waals surface area contributed by atoms with E-state index < -0.39 is 0 Å². The van der Waals surface area contributed by atoms with E-state index >= 15 is 0 Å². The summed E-state index contributed by atoms with van der Waals surface area (Å²) in [5, 5.41) is 12.6. The molecule has 0 bridgehead atoms. The minimum absolute atomic E-state index is 0.103. The van der Waals surface area contributed by atoms with Crippen LogP contribution in [-0.4, -0.2) is 43.2 Å². The maximum Gasteiger partial charge on any atom is 0.239 e. The van der Waals surface area contributed by atoms with Gasteiger partial charge in [-0.05, 0) is 68.4 Å². The second-order valence-corrected chi connectivity index (χ2v) is 7.77. The lowest BCUT2D eigenvalue weighted by Gasteiger charge is -2.18. The van der Waals surface area contributed by atoms with Crippen molar-refractivity contribution in [3.63, 3.8) is 0 Å². The van der Waals surface area contributed by atoms with Crippen LogP contribution in [0.1, 0.15) is 22.4 Å². The number of ether oxygens (including phenoxy) is 2. The fourth-order valence-corrected chi connectivity index (χ4v) is 3.74. The Kier molecular flexibility index (Phi) is 7.36. The first kappa shape index (κ1) is 23.8. The van der Waals surface area contributed by atoms with Crippen molar-refractivity contribution in [3.05, 3.63) is 70.7 Å².